The van der Waals surface area contributed by atoms with Crippen molar-refractivity contribution in [2.75, 3.05) is 16.8 Å². The highest BCUT2D eigenvalue weighted by Crippen LogP contribution is 2.33. The van der Waals surface area contributed by atoms with Crippen molar-refractivity contribution in [3.05, 3.63) is 65.4 Å². The first-order chi connectivity index (χ1) is 14.8. The summed E-state index contributed by atoms with van der Waals surface area (Å²) in [5, 5.41) is 7.49. The van der Waals surface area contributed by atoms with Crippen molar-refractivity contribution in [3.8, 4) is 11.4 Å². The van der Waals surface area contributed by atoms with E-state index >= 15 is 0 Å². The molecule has 0 saturated heterocycles. The number of carbonyl (C=O) groups is 2. The summed E-state index contributed by atoms with van der Waals surface area (Å²) in [6.07, 6.45) is -0.421. The highest BCUT2D eigenvalue weighted by molar-refractivity contribution is 6.00. The Morgan fingerprint density at radius 1 is 1.10 bits per heavy atom. The Bertz CT molecular complexity index is 1130. The van der Waals surface area contributed by atoms with Crippen LogP contribution in [0.1, 0.15) is 30.2 Å². The van der Waals surface area contributed by atoms with Crippen molar-refractivity contribution in [2.24, 2.45) is 0 Å². The lowest BCUT2D eigenvalue weighted by Gasteiger charge is -2.32. The molecule has 160 valence electrons. The third-order valence-electron chi connectivity index (χ3n) is 5.19. The number of aryl methyl sites for hydroxylation is 3. The fraction of sp³-hybridized carbons (Fsp3) is 0.292. The predicted octanol–water partition coefficient (Wildman–Crippen LogP) is 3.94. The largest absolute Gasteiger partial charge is 0.479 e. The fourth-order valence-electron chi connectivity index (χ4n) is 3.87. The smallest absolute Gasteiger partial charge is 0.267 e. The summed E-state index contributed by atoms with van der Waals surface area (Å²) < 4.78 is 7.40. The van der Waals surface area contributed by atoms with Crippen LogP contribution in [0, 0.1) is 20.8 Å². The van der Waals surface area contributed by atoms with Crippen LogP contribution in [0.25, 0.3) is 5.69 Å². The summed E-state index contributed by atoms with van der Waals surface area (Å²) in [7, 11) is 0. The van der Waals surface area contributed by atoms with Gasteiger partial charge in [-0.25, -0.2) is 4.68 Å². The minimum atomic E-state index is -0.577. The Labute approximate surface area is 181 Å². The third kappa shape index (κ3) is 4.30. The van der Waals surface area contributed by atoms with Crippen LogP contribution < -0.4 is 15.0 Å². The summed E-state index contributed by atoms with van der Waals surface area (Å²) in [5.41, 5.74) is 4.64. The lowest BCUT2D eigenvalue weighted by molar-refractivity contribution is -0.125. The molecule has 0 bridgehead atoms. The molecule has 7 heteroatoms. The summed E-state index contributed by atoms with van der Waals surface area (Å²) in [4.78, 5) is 27.0. The lowest BCUT2D eigenvalue weighted by atomic mass is 10.1. The highest BCUT2D eigenvalue weighted by Gasteiger charge is 2.31. The van der Waals surface area contributed by atoms with E-state index in [1.165, 1.54) is 0 Å². The van der Waals surface area contributed by atoms with E-state index in [0.717, 1.165) is 22.5 Å². The van der Waals surface area contributed by atoms with Crippen molar-refractivity contribution in [2.45, 2.75) is 40.2 Å². The van der Waals surface area contributed by atoms with Gasteiger partial charge in [0.05, 0.1) is 17.1 Å². The van der Waals surface area contributed by atoms with Gasteiger partial charge < -0.3 is 15.0 Å². The van der Waals surface area contributed by atoms with Crippen molar-refractivity contribution in [1.29, 1.82) is 0 Å². The molecule has 0 aliphatic carbocycles. The number of rotatable bonds is 5. The van der Waals surface area contributed by atoms with Gasteiger partial charge in [-0.3, -0.25) is 9.59 Å². The molecule has 2 amide bonds. The number of hydrogen-bond donors (Lipinski definition) is 1. The SMILES string of the molecule is Cc1cc(C)cc(-n2nc(C)cc2NC(=O)CCN2C(=O)C(C)Oc3ccccc32)c1. The number of fused-ring (bicyclic) bond motifs is 1. The maximum absolute atomic E-state index is 12.8. The molecule has 2 aromatic carbocycles. The quantitative estimate of drug-likeness (QED) is 0.681. The summed E-state index contributed by atoms with van der Waals surface area (Å²) in [6.45, 7) is 7.94. The van der Waals surface area contributed by atoms with Crippen LogP contribution in [0.5, 0.6) is 5.75 Å². The predicted molar refractivity (Wildman–Crippen MR) is 120 cm³/mol. The van der Waals surface area contributed by atoms with Crippen molar-refractivity contribution >= 4 is 23.3 Å². The zero-order valence-electron chi connectivity index (χ0n) is 18.2. The number of aromatic nitrogens is 2. The van der Waals surface area contributed by atoms with Gasteiger partial charge in [-0.2, -0.15) is 5.10 Å². The van der Waals surface area contributed by atoms with Crippen LogP contribution in [0.15, 0.2) is 48.5 Å². The summed E-state index contributed by atoms with van der Waals surface area (Å²) >= 11 is 0. The highest BCUT2D eigenvalue weighted by atomic mass is 16.5. The van der Waals surface area contributed by atoms with Gasteiger partial charge >= 0.3 is 0 Å². The van der Waals surface area contributed by atoms with Crippen LogP contribution in [0.2, 0.25) is 0 Å². The van der Waals surface area contributed by atoms with Gasteiger partial charge in [0.2, 0.25) is 5.91 Å². The molecule has 0 saturated carbocycles. The van der Waals surface area contributed by atoms with E-state index in [4.69, 9.17) is 4.74 Å². The van der Waals surface area contributed by atoms with Crippen LogP contribution in [-0.2, 0) is 9.59 Å². The van der Waals surface area contributed by atoms with E-state index in [9.17, 15) is 9.59 Å². The molecule has 0 fully saturated rings. The van der Waals surface area contributed by atoms with Crippen LogP contribution in [0.3, 0.4) is 0 Å². The number of ether oxygens (including phenoxy) is 1. The molecule has 1 unspecified atom stereocenters. The average molecular weight is 418 g/mol. The Morgan fingerprint density at radius 2 is 1.81 bits per heavy atom. The first-order valence-electron chi connectivity index (χ1n) is 10.3. The fourth-order valence-corrected chi connectivity index (χ4v) is 3.87. The van der Waals surface area contributed by atoms with E-state index in [-0.39, 0.29) is 24.8 Å². The molecule has 4 rings (SSSR count). The third-order valence-corrected chi connectivity index (χ3v) is 5.19. The standard InChI is InChI=1S/C24H26N4O3/c1-15-11-16(2)13-19(12-15)28-22(14-17(3)26-28)25-23(29)9-10-27-20-7-5-6-8-21(20)31-18(4)24(27)30/h5-8,11-14,18H,9-10H2,1-4H3,(H,25,29). The number of nitrogens with zero attached hydrogens (tertiary/aromatic N) is 3. The van der Waals surface area contributed by atoms with Crippen LogP contribution in [0.4, 0.5) is 11.5 Å². The zero-order chi connectivity index (χ0) is 22.1. The summed E-state index contributed by atoms with van der Waals surface area (Å²) in [6, 6.07) is 15.4. The zero-order valence-corrected chi connectivity index (χ0v) is 18.2. The molecule has 7 nitrogen and oxygen atoms in total. The van der Waals surface area contributed by atoms with E-state index in [1.807, 2.05) is 63.2 Å². The van der Waals surface area contributed by atoms with Crippen molar-refractivity contribution in [1.82, 2.24) is 9.78 Å². The van der Waals surface area contributed by atoms with Gasteiger partial charge in [0.15, 0.2) is 6.10 Å². The number of anilines is 2. The van der Waals surface area contributed by atoms with Gasteiger partial charge in [0.1, 0.15) is 11.6 Å². The maximum atomic E-state index is 12.8. The number of hydrogen-bond acceptors (Lipinski definition) is 4. The minimum absolute atomic E-state index is 0.150. The van der Waals surface area contributed by atoms with E-state index in [0.29, 0.717) is 17.3 Å². The number of nitrogens with one attached hydrogen (secondary N) is 1. The Kier molecular flexibility index (Phi) is 5.50. The van der Waals surface area contributed by atoms with E-state index in [2.05, 4.69) is 16.5 Å². The summed E-state index contributed by atoms with van der Waals surface area (Å²) in [5.74, 6) is 0.922. The molecule has 0 radical (unpaired) electrons. The second-order valence-corrected chi connectivity index (χ2v) is 7.94. The van der Waals surface area contributed by atoms with Gasteiger partial charge in [0, 0.05) is 19.0 Å². The molecule has 1 atom stereocenters. The normalized spacial score (nSPS) is 15.4. The molecule has 31 heavy (non-hydrogen) atoms. The molecule has 2 heterocycles. The number of para-hydroxylation sites is 2. The maximum Gasteiger partial charge on any atom is 0.267 e. The van der Waals surface area contributed by atoms with Crippen LogP contribution >= 0.6 is 0 Å². The average Bonchev–Trinajstić information content (AvgIpc) is 3.07. The number of benzene rings is 2. The van der Waals surface area contributed by atoms with Gasteiger partial charge in [-0.05, 0) is 63.1 Å². The van der Waals surface area contributed by atoms with Crippen molar-refractivity contribution in [3.63, 3.8) is 0 Å². The topological polar surface area (TPSA) is 76.5 Å². The Morgan fingerprint density at radius 3 is 2.55 bits per heavy atom. The van der Waals surface area contributed by atoms with E-state index in [1.54, 1.807) is 16.5 Å². The minimum Gasteiger partial charge on any atom is -0.479 e. The molecular weight excluding hydrogens is 392 g/mol. The van der Waals surface area contributed by atoms with Crippen LogP contribution in [-0.4, -0.2) is 34.2 Å². The van der Waals surface area contributed by atoms with Crippen molar-refractivity contribution < 1.29 is 14.3 Å². The molecule has 1 N–H and O–H groups in total. The Balaban J connectivity index is 1.50. The molecular formula is C24H26N4O3. The first-order valence-corrected chi connectivity index (χ1v) is 10.3. The van der Waals surface area contributed by atoms with Gasteiger partial charge in [0.25, 0.3) is 5.91 Å². The molecule has 1 aliphatic heterocycles. The second-order valence-electron chi connectivity index (χ2n) is 7.94. The van der Waals surface area contributed by atoms with Gasteiger partial charge in [-0.15, -0.1) is 0 Å². The molecule has 0 spiro atoms. The monoisotopic (exact) mass is 418 g/mol. The molecule has 3 aromatic rings. The van der Waals surface area contributed by atoms with E-state index < -0.39 is 6.10 Å². The first kappa shape index (κ1) is 20.7. The second kappa shape index (κ2) is 8.26. The molecule has 1 aliphatic rings. The van der Waals surface area contributed by atoms with Gasteiger partial charge in [-0.1, -0.05) is 18.2 Å². The number of carbonyl (C=O) groups excluding carboxylic acids is 2. The number of amides is 2. The molecule has 1 aromatic heterocycles. The lowest BCUT2D eigenvalue weighted by Crippen LogP contribution is -2.45. The Hall–Kier alpha value is -3.61.